The van der Waals surface area contributed by atoms with Gasteiger partial charge in [-0.2, -0.15) is 0 Å². The lowest BCUT2D eigenvalue weighted by molar-refractivity contribution is -0.113. The number of hydrogen-bond acceptors (Lipinski definition) is 6. The third-order valence-corrected chi connectivity index (χ3v) is 5.52. The van der Waals surface area contributed by atoms with Crippen LogP contribution < -0.4 is 10.6 Å². The van der Waals surface area contributed by atoms with E-state index in [-0.39, 0.29) is 15.9 Å². The topological polar surface area (TPSA) is 66.9 Å². The van der Waals surface area contributed by atoms with Crippen molar-refractivity contribution in [2.45, 2.75) is 23.2 Å². The van der Waals surface area contributed by atoms with Gasteiger partial charge in [0.25, 0.3) is 0 Å². The molecule has 1 amide bonds. The highest BCUT2D eigenvalue weighted by Gasteiger charge is 2.22. The number of nitrogens with zero attached hydrogens (tertiary/aromatic N) is 2. The summed E-state index contributed by atoms with van der Waals surface area (Å²) in [6.45, 7) is 0. The molecule has 0 unspecified atom stereocenters. The monoisotopic (exact) mass is 420 g/mol. The van der Waals surface area contributed by atoms with Crippen LogP contribution in [0.5, 0.6) is 0 Å². The molecule has 0 atom stereocenters. The molecule has 1 aliphatic rings. The largest absolute Gasteiger partial charge is 0.357 e. The minimum Gasteiger partial charge on any atom is -0.357 e. The molecular formula is C13H11BrF2N4OS2. The number of carbonyl (C=O) groups is 1. The summed E-state index contributed by atoms with van der Waals surface area (Å²) in [5.41, 5.74) is -0.0784. The Labute approximate surface area is 147 Å². The Bertz CT molecular complexity index is 716. The van der Waals surface area contributed by atoms with Crippen molar-refractivity contribution in [3.05, 3.63) is 28.2 Å². The van der Waals surface area contributed by atoms with Gasteiger partial charge in [-0.05, 0) is 34.8 Å². The molecule has 1 aliphatic carbocycles. The molecule has 10 heteroatoms. The van der Waals surface area contributed by atoms with E-state index in [1.165, 1.54) is 23.1 Å². The zero-order chi connectivity index (χ0) is 16.4. The van der Waals surface area contributed by atoms with Gasteiger partial charge in [-0.1, -0.05) is 23.1 Å². The van der Waals surface area contributed by atoms with Gasteiger partial charge in [0.15, 0.2) is 10.2 Å². The van der Waals surface area contributed by atoms with Crippen molar-refractivity contribution in [2.75, 3.05) is 16.4 Å². The van der Waals surface area contributed by atoms with Crippen LogP contribution in [0.1, 0.15) is 12.8 Å². The number of rotatable bonds is 6. The predicted molar refractivity (Wildman–Crippen MR) is 90.0 cm³/mol. The van der Waals surface area contributed by atoms with E-state index in [4.69, 9.17) is 0 Å². The normalized spacial score (nSPS) is 13.9. The number of anilines is 2. The smallest absolute Gasteiger partial charge is 0.234 e. The summed E-state index contributed by atoms with van der Waals surface area (Å²) in [6, 6.07) is 2.29. The van der Waals surface area contributed by atoms with E-state index in [0.717, 1.165) is 24.0 Å². The molecule has 3 rings (SSSR count). The first kappa shape index (κ1) is 16.6. The summed E-state index contributed by atoms with van der Waals surface area (Å²) in [4.78, 5) is 11.9. The van der Waals surface area contributed by atoms with E-state index >= 15 is 0 Å². The summed E-state index contributed by atoms with van der Waals surface area (Å²) in [5, 5.41) is 14.4. The third-order valence-electron chi connectivity index (χ3n) is 2.91. The molecule has 1 fully saturated rings. The van der Waals surface area contributed by atoms with Crippen molar-refractivity contribution in [3.63, 3.8) is 0 Å². The van der Waals surface area contributed by atoms with Gasteiger partial charge in [-0.15, -0.1) is 10.2 Å². The van der Waals surface area contributed by atoms with Gasteiger partial charge >= 0.3 is 0 Å². The molecule has 2 aromatic rings. The number of hydrogen-bond donors (Lipinski definition) is 2. The Morgan fingerprint density at radius 2 is 2.17 bits per heavy atom. The van der Waals surface area contributed by atoms with Gasteiger partial charge in [0.2, 0.25) is 11.0 Å². The molecule has 1 aromatic carbocycles. The zero-order valence-corrected chi connectivity index (χ0v) is 14.8. The number of nitrogens with one attached hydrogen (secondary N) is 2. The van der Waals surface area contributed by atoms with E-state index in [2.05, 4.69) is 36.8 Å². The van der Waals surface area contributed by atoms with Gasteiger partial charge in [-0.25, -0.2) is 8.78 Å². The molecule has 122 valence electrons. The van der Waals surface area contributed by atoms with Crippen molar-refractivity contribution in [1.82, 2.24) is 10.2 Å². The van der Waals surface area contributed by atoms with Crippen LogP contribution in [0.3, 0.4) is 0 Å². The molecule has 5 nitrogen and oxygen atoms in total. The van der Waals surface area contributed by atoms with Crippen molar-refractivity contribution in [2.24, 2.45) is 0 Å². The molecular weight excluding hydrogens is 410 g/mol. The standard InChI is InChI=1S/C13H11BrF2N4OS2/c14-8-3-6(15)4-9(16)11(8)18-10(21)5-22-13-20-19-12(23-13)17-7-1-2-7/h3-4,7H,1-2,5H2,(H,17,19)(H,18,21). The van der Waals surface area contributed by atoms with Crippen molar-refractivity contribution < 1.29 is 13.6 Å². The molecule has 1 aromatic heterocycles. The molecule has 0 bridgehead atoms. The first-order valence-electron chi connectivity index (χ1n) is 6.68. The average Bonchev–Trinajstić information content (AvgIpc) is 3.18. The highest BCUT2D eigenvalue weighted by atomic mass is 79.9. The van der Waals surface area contributed by atoms with E-state index < -0.39 is 17.5 Å². The first-order valence-corrected chi connectivity index (χ1v) is 9.28. The second kappa shape index (κ2) is 7.10. The van der Waals surface area contributed by atoms with Crippen LogP contribution >= 0.6 is 39.0 Å². The van der Waals surface area contributed by atoms with E-state index in [9.17, 15) is 13.6 Å². The fourth-order valence-electron chi connectivity index (χ4n) is 1.69. The molecule has 0 aliphatic heterocycles. The van der Waals surface area contributed by atoms with E-state index in [0.29, 0.717) is 16.4 Å². The van der Waals surface area contributed by atoms with Crippen LogP contribution in [0.25, 0.3) is 0 Å². The van der Waals surface area contributed by atoms with Gasteiger partial charge in [-0.3, -0.25) is 4.79 Å². The fraction of sp³-hybridized carbons (Fsp3) is 0.308. The van der Waals surface area contributed by atoms with Gasteiger partial charge in [0.05, 0.1) is 11.4 Å². The summed E-state index contributed by atoms with van der Waals surface area (Å²) >= 11 is 5.61. The van der Waals surface area contributed by atoms with Crippen LogP contribution in [0.2, 0.25) is 0 Å². The lowest BCUT2D eigenvalue weighted by Crippen LogP contribution is -2.15. The van der Waals surface area contributed by atoms with E-state index in [1.54, 1.807) is 0 Å². The first-order chi connectivity index (χ1) is 11.0. The lowest BCUT2D eigenvalue weighted by atomic mass is 10.3. The highest BCUT2D eigenvalue weighted by molar-refractivity contribution is 9.10. The summed E-state index contributed by atoms with van der Waals surface area (Å²) < 4.78 is 27.5. The van der Waals surface area contributed by atoms with Crippen LogP contribution in [0.4, 0.5) is 19.6 Å². The summed E-state index contributed by atoms with van der Waals surface area (Å²) in [7, 11) is 0. The average molecular weight is 421 g/mol. The predicted octanol–water partition coefficient (Wildman–Crippen LogP) is 3.88. The zero-order valence-electron chi connectivity index (χ0n) is 11.6. The van der Waals surface area contributed by atoms with Crippen LogP contribution in [0.15, 0.2) is 20.9 Å². The third kappa shape index (κ3) is 4.61. The fourth-order valence-corrected chi connectivity index (χ4v) is 3.83. The number of halogens is 3. The Kier molecular flexibility index (Phi) is 5.12. The Balaban J connectivity index is 1.54. The highest BCUT2D eigenvalue weighted by Crippen LogP contribution is 2.31. The van der Waals surface area contributed by atoms with Crippen molar-refractivity contribution >= 4 is 55.8 Å². The quantitative estimate of drug-likeness (QED) is 0.693. The molecule has 1 heterocycles. The maximum Gasteiger partial charge on any atom is 0.234 e. The molecule has 0 radical (unpaired) electrons. The van der Waals surface area contributed by atoms with Gasteiger partial charge in [0, 0.05) is 16.6 Å². The minimum atomic E-state index is -0.831. The van der Waals surface area contributed by atoms with Crippen LogP contribution in [-0.2, 0) is 4.79 Å². The molecule has 0 saturated heterocycles. The maximum atomic E-state index is 13.6. The van der Waals surface area contributed by atoms with Crippen LogP contribution in [0, 0.1) is 11.6 Å². The summed E-state index contributed by atoms with van der Waals surface area (Å²) in [6.07, 6.45) is 2.28. The number of aromatic nitrogens is 2. The Morgan fingerprint density at radius 3 is 2.87 bits per heavy atom. The summed E-state index contributed by atoms with van der Waals surface area (Å²) in [5.74, 6) is -1.90. The minimum absolute atomic E-state index is 0.0569. The van der Waals surface area contributed by atoms with Gasteiger partial charge in [0.1, 0.15) is 5.82 Å². The Morgan fingerprint density at radius 1 is 1.39 bits per heavy atom. The molecule has 23 heavy (non-hydrogen) atoms. The SMILES string of the molecule is O=C(CSc1nnc(NC2CC2)s1)Nc1c(F)cc(F)cc1Br. The second-order valence-corrected chi connectivity index (χ2v) is 7.93. The lowest BCUT2D eigenvalue weighted by Gasteiger charge is -2.08. The van der Waals surface area contributed by atoms with Crippen LogP contribution in [-0.4, -0.2) is 27.9 Å². The number of carbonyl (C=O) groups excluding carboxylic acids is 1. The van der Waals surface area contributed by atoms with Crippen molar-refractivity contribution in [3.8, 4) is 0 Å². The van der Waals surface area contributed by atoms with Crippen molar-refractivity contribution in [1.29, 1.82) is 0 Å². The molecule has 1 saturated carbocycles. The second-order valence-electron chi connectivity index (χ2n) is 4.87. The Hall–Kier alpha value is -1.26. The maximum absolute atomic E-state index is 13.6. The number of benzene rings is 1. The van der Waals surface area contributed by atoms with Gasteiger partial charge < -0.3 is 10.6 Å². The number of thioether (sulfide) groups is 1. The molecule has 2 N–H and O–H groups in total. The number of amides is 1. The van der Waals surface area contributed by atoms with E-state index in [1.807, 2.05) is 0 Å². The molecule has 0 spiro atoms.